The minimum atomic E-state index is -4.43. The van der Waals surface area contributed by atoms with Gasteiger partial charge in [0.25, 0.3) is 10.1 Å². The topological polar surface area (TPSA) is 136 Å². The number of amides is 1. The van der Waals surface area contributed by atoms with Gasteiger partial charge in [-0.05, 0) is 81.1 Å². The third kappa shape index (κ3) is 9.15. The second-order valence-electron chi connectivity index (χ2n) is 10.7. The molecule has 0 aliphatic heterocycles. The van der Waals surface area contributed by atoms with Crippen molar-refractivity contribution in [2.75, 3.05) is 18.1 Å². The van der Waals surface area contributed by atoms with Crippen molar-refractivity contribution in [3.8, 4) is 5.75 Å². The fourth-order valence-electron chi connectivity index (χ4n) is 4.15. The molecule has 0 heterocycles. The molecule has 10 nitrogen and oxygen atoms in total. The molecule has 0 saturated heterocycles. The summed E-state index contributed by atoms with van der Waals surface area (Å²) in [6.45, 7) is 9.69. The van der Waals surface area contributed by atoms with E-state index in [1.54, 1.807) is 36.1 Å². The van der Waals surface area contributed by atoms with Gasteiger partial charge in [0.1, 0.15) is 5.60 Å². The molecule has 3 rings (SSSR count). The molecule has 3 aromatic carbocycles. The van der Waals surface area contributed by atoms with Crippen molar-refractivity contribution in [1.29, 1.82) is 0 Å². The number of aryl methyl sites for hydroxylation is 1. The molecule has 0 saturated carbocycles. The van der Waals surface area contributed by atoms with E-state index in [1.807, 2.05) is 58.0 Å². The Hall–Kier alpha value is -4.22. The van der Waals surface area contributed by atoms with Crippen LogP contribution in [0.2, 0.25) is 0 Å². The van der Waals surface area contributed by atoms with Crippen molar-refractivity contribution in [1.82, 2.24) is 0 Å². The third-order valence-corrected chi connectivity index (χ3v) is 6.99. The Morgan fingerprint density at radius 1 is 1.02 bits per heavy atom. The van der Waals surface area contributed by atoms with Crippen molar-refractivity contribution in [2.24, 2.45) is 0 Å². The predicted molar refractivity (Wildman–Crippen MR) is 163 cm³/mol. The molecular weight excluding hydrogens is 560 g/mol. The molecule has 1 amide bonds. The monoisotopic (exact) mass is 596 g/mol. The molecule has 0 fully saturated rings. The maximum Gasteiger partial charge on any atom is 0.414 e. The van der Waals surface area contributed by atoms with E-state index < -0.39 is 26.7 Å². The van der Waals surface area contributed by atoms with Crippen molar-refractivity contribution >= 4 is 39.7 Å². The fourth-order valence-corrected chi connectivity index (χ4v) is 4.88. The molecule has 42 heavy (non-hydrogen) atoms. The first kappa shape index (κ1) is 32.3. The summed E-state index contributed by atoms with van der Waals surface area (Å²) >= 11 is 0. The molecule has 0 aromatic heterocycles. The normalized spacial score (nSPS) is 11.9. The van der Waals surface area contributed by atoms with Crippen molar-refractivity contribution in [3.63, 3.8) is 0 Å². The average Bonchev–Trinajstić information content (AvgIpc) is 2.89. The zero-order chi connectivity index (χ0) is 31.1. The van der Waals surface area contributed by atoms with Crippen LogP contribution in [0.1, 0.15) is 56.4 Å². The van der Waals surface area contributed by atoms with Crippen molar-refractivity contribution in [2.45, 2.75) is 58.0 Å². The lowest BCUT2D eigenvalue weighted by Gasteiger charge is -2.27. The molecule has 0 aliphatic carbocycles. The van der Waals surface area contributed by atoms with Gasteiger partial charge in [0, 0.05) is 24.7 Å². The zero-order valence-electron chi connectivity index (χ0n) is 24.4. The Kier molecular flexibility index (Phi) is 10.5. The van der Waals surface area contributed by atoms with Crippen LogP contribution in [0.4, 0.5) is 16.2 Å². The van der Waals surface area contributed by atoms with Gasteiger partial charge >= 0.3 is 11.8 Å². The lowest BCUT2D eigenvalue weighted by Crippen LogP contribution is -2.37. The predicted octanol–water partition coefficient (Wildman–Crippen LogP) is 7.09. The Morgan fingerprint density at radius 2 is 1.67 bits per heavy atom. The lowest BCUT2D eigenvalue weighted by molar-refractivity contribution is -0.385. The SMILES string of the molecule is CCCN(C(=O)OC(C)(C)C)c1ccc(C=Cc2ccc([N+](=O)[O-])c(OCCc3cc(C)ccc3S(=O)(=O)O)c2)cc1. The van der Waals surface area contributed by atoms with Crippen molar-refractivity contribution < 1.29 is 32.2 Å². The molecule has 11 heteroatoms. The highest BCUT2D eigenvalue weighted by molar-refractivity contribution is 7.85. The van der Waals surface area contributed by atoms with Gasteiger partial charge < -0.3 is 9.47 Å². The number of nitro groups is 1. The van der Waals surface area contributed by atoms with Gasteiger partial charge in [0.05, 0.1) is 16.4 Å². The van der Waals surface area contributed by atoms with Gasteiger partial charge in [0.15, 0.2) is 5.75 Å². The second-order valence-corrected chi connectivity index (χ2v) is 12.1. The summed E-state index contributed by atoms with van der Waals surface area (Å²) in [5.41, 5.74) is 2.51. The van der Waals surface area contributed by atoms with E-state index in [9.17, 15) is 27.9 Å². The minimum absolute atomic E-state index is 0.0334. The third-order valence-electron chi connectivity index (χ3n) is 6.04. The molecule has 0 radical (unpaired) electrons. The number of nitro benzene ring substituents is 1. The van der Waals surface area contributed by atoms with Crippen molar-refractivity contribution in [3.05, 3.63) is 93.0 Å². The van der Waals surface area contributed by atoms with Crippen LogP contribution in [0.15, 0.2) is 65.6 Å². The second kappa shape index (κ2) is 13.6. The van der Waals surface area contributed by atoms with Crippen LogP contribution in [0.25, 0.3) is 12.2 Å². The van der Waals surface area contributed by atoms with Crippen LogP contribution >= 0.6 is 0 Å². The summed E-state index contributed by atoms with van der Waals surface area (Å²) in [5.74, 6) is 0.0334. The zero-order valence-corrected chi connectivity index (χ0v) is 25.2. The number of nitrogens with zero attached hydrogens (tertiary/aromatic N) is 2. The number of benzene rings is 3. The van der Waals surface area contributed by atoms with E-state index in [1.165, 1.54) is 18.2 Å². The number of hydrogen-bond donors (Lipinski definition) is 1. The molecule has 0 bridgehead atoms. The smallest absolute Gasteiger partial charge is 0.414 e. The van der Waals surface area contributed by atoms with E-state index in [0.29, 0.717) is 23.4 Å². The summed E-state index contributed by atoms with van der Waals surface area (Å²) < 4.78 is 44.2. The Balaban J connectivity index is 1.76. The molecular formula is C31H36N2O8S. The molecule has 1 N–H and O–H groups in total. The molecule has 0 atom stereocenters. The summed E-state index contributed by atoms with van der Waals surface area (Å²) in [4.78, 5) is 25.1. The molecule has 0 unspecified atom stereocenters. The quantitative estimate of drug-likeness (QED) is 0.107. The number of carbonyl (C=O) groups excluding carboxylic acids is 1. The number of anilines is 1. The van der Waals surface area contributed by atoms with Crippen LogP contribution in [0, 0.1) is 17.0 Å². The highest BCUT2D eigenvalue weighted by atomic mass is 32.2. The largest absolute Gasteiger partial charge is 0.486 e. The van der Waals surface area contributed by atoms with Gasteiger partial charge in [-0.25, -0.2) is 4.79 Å². The van der Waals surface area contributed by atoms with E-state index in [4.69, 9.17) is 9.47 Å². The van der Waals surface area contributed by atoms with Gasteiger partial charge in [-0.2, -0.15) is 8.42 Å². The van der Waals surface area contributed by atoms with Gasteiger partial charge in [-0.3, -0.25) is 19.6 Å². The average molecular weight is 597 g/mol. The lowest BCUT2D eigenvalue weighted by atomic mass is 10.1. The summed E-state index contributed by atoms with van der Waals surface area (Å²) in [6, 6.07) is 16.4. The molecule has 224 valence electrons. The van der Waals surface area contributed by atoms with Gasteiger partial charge in [0.2, 0.25) is 0 Å². The Morgan fingerprint density at radius 3 is 2.26 bits per heavy atom. The van der Waals surface area contributed by atoms with Crippen LogP contribution in [-0.4, -0.2) is 42.7 Å². The van der Waals surface area contributed by atoms with Crippen LogP contribution in [-0.2, 0) is 21.3 Å². The first-order chi connectivity index (χ1) is 19.7. The highest BCUT2D eigenvalue weighted by Gasteiger charge is 2.23. The van der Waals surface area contributed by atoms with E-state index in [2.05, 4.69) is 0 Å². The maximum absolute atomic E-state index is 12.7. The molecule has 0 spiro atoms. The van der Waals surface area contributed by atoms with E-state index in [0.717, 1.165) is 17.5 Å². The van der Waals surface area contributed by atoms with Gasteiger partial charge in [-0.1, -0.05) is 48.9 Å². The summed E-state index contributed by atoms with van der Waals surface area (Å²) in [6.07, 6.45) is 4.07. The number of ether oxygens (including phenoxy) is 2. The highest BCUT2D eigenvalue weighted by Crippen LogP contribution is 2.30. The first-order valence-corrected chi connectivity index (χ1v) is 14.9. The Labute approximate surface area is 246 Å². The molecule has 3 aromatic rings. The fraction of sp³-hybridized carbons (Fsp3) is 0.323. The summed E-state index contributed by atoms with van der Waals surface area (Å²) in [5, 5.41) is 11.6. The van der Waals surface area contributed by atoms with Crippen LogP contribution in [0.5, 0.6) is 5.75 Å². The summed E-state index contributed by atoms with van der Waals surface area (Å²) in [7, 11) is -4.43. The van der Waals surface area contributed by atoms with E-state index >= 15 is 0 Å². The van der Waals surface area contributed by atoms with E-state index in [-0.39, 0.29) is 29.4 Å². The van der Waals surface area contributed by atoms with Crippen LogP contribution in [0.3, 0.4) is 0 Å². The first-order valence-electron chi connectivity index (χ1n) is 13.4. The minimum Gasteiger partial charge on any atom is -0.486 e. The Bertz CT molecular complexity index is 1560. The number of carbonyl (C=O) groups is 1. The standard InChI is InChI=1S/C31H36N2O8S/c1-6-18-32(30(34)41-31(3,4)5)26-13-10-23(11-14-26)8-9-24-12-15-27(33(35)36)28(21-24)40-19-17-25-20-22(2)7-16-29(25)42(37,38)39/h7-16,20-21H,6,17-19H2,1-5H3,(H,37,38,39). The van der Waals surface area contributed by atoms with Gasteiger partial charge in [-0.15, -0.1) is 0 Å². The maximum atomic E-state index is 12.7. The van der Waals surface area contributed by atoms with Crippen LogP contribution < -0.4 is 9.64 Å². The molecule has 0 aliphatic rings. The number of rotatable bonds is 11. The number of hydrogen-bond acceptors (Lipinski definition) is 7.